The van der Waals surface area contributed by atoms with Crippen molar-refractivity contribution < 1.29 is 9.90 Å². The van der Waals surface area contributed by atoms with Crippen LogP contribution in [0.5, 0.6) is 0 Å². The lowest BCUT2D eigenvalue weighted by atomic mass is 10.3. The molecule has 1 N–H and O–H groups in total. The summed E-state index contributed by atoms with van der Waals surface area (Å²) in [4.78, 5) is 18.1. The van der Waals surface area contributed by atoms with Crippen LogP contribution in [0, 0.1) is 0 Å². The Morgan fingerprint density at radius 1 is 1.50 bits per heavy atom. The first-order chi connectivity index (χ1) is 6.38. The monoisotopic (exact) mass is 212 g/mol. The Hall–Kier alpha value is -1.10. The van der Waals surface area contributed by atoms with Crippen LogP contribution in [-0.4, -0.2) is 25.8 Å². The minimum Gasteiger partial charge on any atom is -0.475 e. The normalized spacial score (nSPS) is 11.4. The fraction of sp³-hybridized carbons (Fsp3) is 0.444. The largest absolute Gasteiger partial charge is 0.475 e. The van der Waals surface area contributed by atoms with Gasteiger partial charge in [-0.25, -0.2) is 14.8 Å². The van der Waals surface area contributed by atoms with Gasteiger partial charge < -0.3 is 5.11 Å². The van der Waals surface area contributed by atoms with Gasteiger partial charge in [0.1, 0.15) is 5.03 Å². The maximum Gasteiger partial charge on any atom is 0.373 e. The van der Waals surface area contributed by atoms with Gasteiger partial charge in [-0.1, -0.05) is 20.8 Å². The molecular formula is C9H12N2O2S. The molecule has 0 fully saturated rings. The van der Waals surface area contributed by atoms with Crippen molar-refractivity contribution in [3.8, 4) is 0 Å². The highest BCUT2D eigenvalue weighted by molar-refractivity contribution is 8.00. The number of hydrogen-bond donors (Lipinski definition) is 1. The Bertz CT molecular complexity index is 347. The Morgan fingerprint density at radius 3 is 2.64 bits per heavy atom. The van der Waals surface area contributed by atoms with Crippen molar-refractivity contribution in [1.82, 2.24) is 9.97 Å². The molecule has 0 radical (unpaired) electrons. The summed E-state index contributed by atoms with van der Waals surface area (Å²) in [6.07, 6.45) is 1.46. The number of hydrogen-bond acceptors (Lipinski definition) is 4. The van der Waals surface area contributed by atoms with Crippen molar-refractivity contribution in [3.63, 3.8) is 0 Å². The lowest BCUT2D eigenvalue weighted by molar-refractivity contribution is 0.0682. The third kappa shape index (κ3) is 3.33. The summed E-state index contributed by atoms with van der Waals surface area (Å²) in [7, 11) is 0. The van der Waals surface area contributed by atoms with Crippen LogP contribution in [0.2, 0.25) is 0 Å². The summed E-state index contributed by atoms with van der Waals surface area (Å²) in [6, 6.07) is 1.71. The molecule has 0 unspecified atom stereocenters. The molecule has 76 valence electrons. The topological polar surface area (TPSA) is 63.1 Å². The molecule has 5 heteroatoms. The molecule has 4 nitrogen and oxygen atoms in total. The first-order valence-corrected chi connectivity index (χ1v) is 4.95. The molecule has 0 aliphatic heterocycles. The molecule has 0 saturated carbocycles. The highest BCUT2D eigenvalue weighted by Crippen LogP contribution is 2.29. The van der Waals surface area contributed by atoms with Gasteiger partial charge >= 0.3 is 5.97 Å². The molecule has 1 aromatic rings. The first kappa shape index (κ1) is 11.0. The fourth-order valence-electron chi connectivity index (χ4n) is 0.816. The van der Waals surface area contributed by atoms with Crippen molar-refractivity contribution in [2.45, 2.75) is 30.5 Å². The van der Waals surface area contributed by atoms with Crippen LogP contribution in [-0.2, 0) is 0 Å². The highest BCUT2D eigenvalue weighted by Gasteiger charge is 2.14. The van der Waals surface area contributed by atoms with Gasteiger partial charge in [-0.3, -0.25) is 0 Å². The lowest BCUT2D eigenvalue weighted by Gasteiger charge is -2.16. The van der Waals surface area contributed by atoms with Gasteiger partial charge in [0.25, 0.3) is 0 Å². The molecule has 0 bridgehead atoms. The molecule has 1 aromatic heterocycles. The molecule has 0 aromatic carbocycles. The van der Waals surface area contributed by atoms with Gasteiger partial charge in [0.15, 0.2) is 0 Å². The molecule has 0 saturated heterocycles. The molecule has 0 spiro atoms. The summed E-state index contributed by atoms with van der Waals surface area (Å²) in [6.45, 7) is 6.13. The van der Waals surface area contributed by atoms with E-state index in [-0.39, 0.29) is 10.6 Å². The number of thioether (sulfide) groups is 1. The summed E-state index contributed by atoms with van der Waals surface area (Å²) in [5.41, 5.74) is 0. The van der Waals surface area contributed by atoms with E-state index in [0.29, 0.717) is 5.03 Å². The zero-order chi connectivity index (χ0) is 10.8. The number of nitrogens with zero attached hydrogens (tertiary/aromatic N) is 2. The standard InChI is InChI=1S/C9H12N2O2S/c1-9(2,3)14-6-4-5-10-7(11-6)8(12)13/h4-5H,1-3H3,(H,12,13). The van der Waals surface area contributed by atoms with Crippen LogP contribution >= 0.6 is 11.8 Å². The van der Waals surface area contributed by atoms with Crippen LogP contribution in [0.15, 0.2) is 17.3 Å². The van der Waals surface area contributed by atoms with Gasteiger partial charge in [-0.2, -0.15) is 0 Å². The second-order valence-electron chi connectivity index (χ2n) is 3.74. The zero-order valence-corrected chi connectivity index (χ0v) is 9.13. The number of aromatic nitrogens is 2. The number of aromatic carboxylic acids is 1. The van der Waals surface area contributed by atoms with E-state index in [1.54, 1.807) is 6.07 Å². The third-order valence-electron chi connectivity index (χ3n) is 1.23. The van der Waals surface area contributed by atoms with Crippen LogP contribution in [0.3, 0.4) is 0 Å². The van der Waals surface area contributed by atoms with Crippen LogP contribution in [0.25, 0.3) is 0 Å². The third-order valence-corrected chi connectivity index (χ3v) is 2.28. The second-order valence-corrected chi connectivity index (χ2v) is 5.59. The van der Waals surface area contributed by atoms with Crippen molar-refractivity contribution >= 4 is 17.7 Å². The van der Waals surface area contributed by atoms with E-state index < -0.39 is 5.97 Å². The molecule has 0 atom stereocenters. The van der Waals surface area contributed by atoms with Crippen LogP contribution in [0.4, 0.5) is 0 Å². The fourth-order valence-corrected chi connectivity index (χ4v) is 1.70. The van der Waals surface area contributed by atoms with E-state index in [0.717, 1.165) is 0 Å². The Balaban J connectivity index is 2.89. The maximum atomic E-state index is 10.6. The van der Waals surface area contributed by atoms with Crippen molar-refractivity contribution in [1.29, 1.82) is 0 Å². The summed E-state index contributed by atoms with van der Waals surface area (Å²) >= 11 is 1.52. The number of carboxylic acid groups (broad SMARTS) is 1. The van der Waals surface area contributed by atoms with E-state index in [1.165, 1.54) is 18.0 Å². The predicted octanol–water partition coefficient (Wildman–Crippen LogP) is 2.07. The van der Waals surface area contributed by atoms with E-state index >= 15 is 0 Å². The van der Waals surface area contributed by atoms with Crippen molar-refractivity contribution in [2.24, 2.45) is 0 Å². The molecule has 0 aliphatic carbocycles. The zero-order valence-electron chi connectivity index (χ0n) is 8.31. The van der Waals surface area contributed by atoms with Crippen LogP contribution < -0.4 is 0 Å². The SMILES string of the molecule is CC(C)(C)Sc1ccnc(C(=O)O)n1. The summed E-state index contributed by atoms with van der Waals surface area (Å²) in [5, 5.41) is 9.36. The molecular weight excluding hydrogens is 200 g/mol. The number of carboxylic acids is 1. The summed E-state index contributed by atoms with van der Waals surface area (Å²) in [5.74, 6) is -1.25. The molecule has 1 rings (SSSR count). The van der Waals surface area contributed by atoms with Gasteiger partial charge in [-0.15, -0.1) is 11.8 Å². The molecule has 0 amide bonds. The van der Waals surface area contributed by atoms with E-state index in [1.807, 2.05) is 20.8 Å². The molecule has 0 aliphatic rings. The van der Waals surface area contributed by atoms with E-state index in [9.17, 15) is 4.79 Å². The van der Waals surface area contributed by atoms with Gasteiger partial charge in [0.05, 0.1) is 0 Å². The van der Waals surface area contributed by atoms with E-state index in [2.05, 4.69) is 9.97 Å². The average Bonchev–Trinajstić information content (AvgIpc) is 2.01. The number of rotatable bonds is 2. The van der Waals surface area contributed by atoms with Gasteiger partial charge in [0.2, 0.25) is 5.82 Å². The summed E-state index contributed by atoms with van der Waals surface area (Å²) < 4.78 is 0.0180. The van der Waals surface area contributed by atoms with Gasteiger partial charge in [0, 0.05) is 10.9 Å². The smallest absolute Gasteiger partial charge is 0.373 e. The second kappa shape index (κ2) is 3.96. The number of carbonyl (C=O) groups is 1. The van der Waals surface area contributed by atoms with Crippen molar-refractivity contribution in [2.75, 3.05) is 0 Å². The van der Waals surface area contributed by atoms with E-state index in [4.69, 9.17) is 5.11 Å². The Labute approximate surface area is 86.8 Å². The minimum atomic E-state index is -1.10. The minimum absolute atomic E-state index is 0.0180. The van der Waals surface area contributed by atoms with Gasteiger partial charge in [-0.05, 0) is 6.07 Å². The Kier molecular flexibility index (Phi) is 3.10. The van der Waals surface area contributed by atoms with Crippen molar-refractivity contribution in [3.05, 3.63) is 18.1 Å². The lowest BCUT2D eigenvalue weighted by Crippen LogP contribution is -2.09. The molecule has 1 heterocycles. The van der Waals surface area contributed by atoms with Crippen LogP contribution in [0.1, 0.15) is 31.4 Å². The quantitative estimate of drug-likeness (QED) is 0.600. The first-order valence-electron chi connectivity index (χ1n) is 4.14. The molecule has 14 heavy (non-hydrogen) atoms. The Morgan fingerprint density at radius 2 is 2.14 bits per heavy atom. The average molecular weight is 212 g/mol. The highest BCUT2D eigenvalue weighted by atomic mass is 32.2. The maximum absolute atomic E-state index is 10.6. The predicted molar refractivity (Wildman–Crippen MR) is 54.6 cm³/mol.